The second kappa shape index (κ2) is 5.06. The van der Waals surface area contributed by atoms with E-state index in [1.807, 2.05) is 32.9 Å². The molecule has 0 unspecified atom stereocenters. The van der Waals surface area contributed by atoms with Crippen molar-refractivity contribution in [2.45, 2.75) is 20.8 Å². The average Bonchev–Trinajstić information content (AvgIpc) is 2.30. The number of carbonyl (C=O) groups is 1. The Morgan fingerprint density at radius 1 is 1.11 bits per heavy atom. The Morgan fingerprint density at radius 2 is 1.74 bits per heavy atom. The monoisotopic (exact) mass is 256 g/mol. The molecule has 1 aromatic carbocycles. The SMILES string of the molecule is Cc1cc(C)nc(NC(=O)c2cc(N)ccc2C)n1. The first kappa shape index (κ1) is 13.0. The predicted molar refractivity (Wildman–Crippen MR) is 75.1 cm³/mol. The summed E-state index contributed by atoms with van der Waals surface area (Å²) in [4.78, 5) is 20.5. The van der Waals surface area contributed by atoms with Gasteiger partial charge in [0.25, 0.3) is 5.91 Å². The van der Waals surface area contributed by atoms with Crippen molar-refractivity contribution >= 4 is 17.5 Å². The Balaban J connectivity index is 2.28. The summed E-state index contributed by atoms with van der Waals surface area (Å²) in [7, 11) is 0. The lowest BCUT2D eigenvalue weighted by molar-refractivity contribution is 0.102. The van der Waals surface area contributed by atoms with Crippen molar-refractivity contribution in [1.29, 1.82) is 0 Å². The van der Waals surface area contributed by atoms with Crippen LogP contribution in [0.5, 0.6) is 0 Å². The number of carbonyl (C=O) groups excluding carboxylic acids is 1. The third-order valence-electron chi connectivity index (χ3n) is 2.71. The van der Waals surface area contributed by atoms with E-state index in [1.54, 1.807) is 12.1 Å². The van der Waals surface area contributed by atoms with Gasteiger partial charge in [-0.2, -0.15) is 0 Å². The van der Waals surface area contributed by atoms with Gasteiger partial charge in [-0.15, -0.1) is 0 Å². The van der Waals surface area contributed by atoms with Crippen molar-refractivity contribution in [2.75, 3.05) is 11.1 Å². The van der Waals surface area contributed by atoms with E-state index >= 15 is 0 Å². The van der Waals surface area contributed by atoms with Crippen LogP contribution >= 0.6 is 0 Å². The van der Waals surface area contributed by atoms with Gasteiger partial charge in [-0.05, 0) is 44.5 Å². The van der Waals surface area contributed by atoms with Crippen molar-refractivity contribution < 1.29 is 4.79 Å². The predicted octanol–water partition coefficient (Wildman–Crippen LogP) is 2.24. The molecule has 0 bridgehead atoms. The van der Waals surface area contributed by atoms with Crippen molar-refractivity contribution in [3.8, 4) is 0 Å². The maximum atomic E-state index is 12.2. The zero-order valence-corrected chi connectivity index (χ0v) is 11.2. The summed E-state index contributed by atoms with van der Waals surface area (Å²) in [5, 5.41) is 2.69. The minimum absolute atomic E-state index is 0.255. The largest absolute Gasteiger partial charge is 0.399 e. The van der Waals surface area contributed by atoms with E-state index in [4.69, 9.17) is 5.73 Å². The summed E-state index contributed by atoms with van der Waals surface area (Å²) >= 11 is 0. The van der Waals surface area contributed by atoms with E-state index < -0.39 is 0 Å². The first-order valence-electron chi connectivity index (χ1n) is 5.95. The molecule has 98 valence electrons. The molecule has 1 aromatic heterocycles. The fourth-order valence-corrected chi connectivity index (χ4v) is 1.83. The minimum atomic E-state index is -0.255. The highest BCUT2D eigenvalue weighted by atomic mass is 16.1. The first-order chi connectivity index (χ1) is 8.95. The molecule has 2 rings (SSSR count). The molecule has 5 heteroatoms. The number of benzene rings is 1. The van der Waals surface area contributed by atoms with Crippen molar-refractivity contribution in [3.63, 3.8) is 0 Å². The van der Waals surface area contributed by atoms with Gasteiger partial charge in [0.2, 0.25) is 5.95 Å². The van der Waals surface area contributed by atoms with Crippen LogP contribution in [0.2, 0.25) is 0 Å². The zero-order chi connectivity index (χ0) is 14.0. The highest BCUT2D eigenvalue weighted by molar-refractivity contribution is 6.04. The summed E-state index contributed by atoms with van der Waals surface area (Å²) in [5.74, 6) is 0.0547. The number of aryl methyl sites for hydroxylation is 3. The Morgan fingerprint density at radius 3 is 2.37 bits per heavy atom. The molecular weight excluding hydrogens is 240 g/mol. The summed E-state index contributed by atoms with van der Waals surface area (Å²) in [6.07, 6.45) is 0. The van der Waals surface area contributed by atoms with Crippen LogP contribution in [0.4, 0.5) is 11.6 Å². The molecule has 3 N–H and O–H groups in total. The molecule has 0 aliphatic carbocycles. The number of hydrogen-bond donors (Lipinski definition) is 2. The van der Waals surface area contributed by atoms with E-state index in [0.717, 1.165) is 17.0 Å². The molecule has 0 spiro atoms. The number of nitrogen functional groups attached to an aromatic ring is 1. The number of anilines is 2. The van der Waals surface area contributed by atoms with Gasteiger partial charge in [0.05, 0.1) is 0 Å². The van der Waals surface area contributed by atoms with Gasteiger partial charge in [0, 0.05) is 22.6 Å². The maximum Gasteiger partial charge on any atom is 0.258 e. The summed E-state index contributed by atoms with van der Waals surface area (Å²) in [6, 6.07) is 7.07. The lowest BCUT2D eigenvalue weighted by Gasteiger charge is -2.08. The molecule has 0 atom stereocenters. The van der Waals surface area contributed by atoms with Gasteiger partial charge < -0.3 is 5.73 Å². The number of amides is 1. The normalized spacial score (nSPS) is 10.3. The molecule has 0 fully saturated rings. The van der Waals surface area contributed by atoms with E-state index in [-0.39, 0.29) is 5.91 Å². The van der Waals surface area contributed by atoms with Gasteiger partial charge in [0.1, 0.15) is 0 Å². The van der Waals surface area contributed by atoms with Crippen LogP contribution in [-0.2, 0) is 0 Å². The maximum absolute atomic E-state index is 12.2. The van der Waals surface area contributed by atoms with Crippen LogP contribution in [0.15, 0.2) is 24.3 Å². The van der Waals surface area contributed by atoms with Gasteiger partial charge in [-0.3, -0.25) is 10.1 Å². The van der Waals surface area contributed by atoms with Gasteiger partial charge in [-0.1, -0.05) is 6.07 Å². The topological polar surface area (TPSA) is 80.9 Å². The molecule has 0 aliphatic heterocycles. The van der Waals surface area contributed by atoms with Crippen molar-refractivity contribution in [1.82, 2.24) is 9.97 Å². The first-order valence-corrected chi connectivity index (χ1v) is 5.95. The van der Waals surface area contributed by atoms with Gasteiger partial charge in [0.15, 0.2) is 0 Å². The van der Waals surface area contributed by atoms with Crippen LogP contribution in [-0.4, -0.2) is 15.9 Å². The van der Waals surface area contributed by atoms with Crippen LogP contribution in [0, 0.1) is 20.8 Å². The van der Waals surface area contributed by atoms with Crippen molar-refractivity contribution in [3.05, 3.63) is 46.8 Å². The number of nitrogens with zero attached hydrogens (tertiary/aromatic N) is 2. The van der Waals surface area contributed by atoms with Gasteiger partial charge in [-0.25, -0.2) is 9.97 Å². The Hall–Kier alpha value is -2.43. The van der Waals surface area contributed by atoms with Gasteiger partial charge >= 0.3 is 0 Å². The number of nitrogens with two attached hydrogens (primary N) is 1. The molecule has 0 aliphatic rings. The Bertz CT molecular complexity index is 617. The number of nitrogens with one attached hydrogen (secondary N) is 1. The Kier molecular flexibility index (Phi) is 3.46. The molecule has 1 heterocycles. The highest BCUT2D eigenvalue weighted by Crippen LogP contribution is 2.14. The smallest absolute Gasteiger partial charge is 0.258 e. The molecule has 19 heavy (non-hydrogen) atoms. The Labute approximate surface area is 111 Å². The summed E-state index contributed by atoms with van der Waals surface area (Å²) in [5.41, 5.74) is 9.26. The van der Waals surface area contributed by atoms with E-state index in [0.29, 0.717) is 17.2 Å². The van der Waals surface area contributed by atoms with E-state index in [1.165, 1.54) is 0 Å². The van der Waals surface area contributed by atoms with E-state index in [9.17, 15) is 4.79 Å². The van der Waals surface area contributed by atoms with Crippen LogP contribution in [0.25, 0.3) is 0 Å². The third kappa shape index (κ3) is 3.07. The number of rotatable bonds is 2. The van der Waals surface area contributed by atoms with Crippen LogP contribution < -0.4 is 11.1 Å². The van der Waals surface area contributed by atoms with Crippen molar-refractivity contribution in [2.24, 2.45) is 0 Å². The lowest BCUT2D eigenvalue weighted by Crippen LogP contribution is -2.16. The zero-order valence-electron chi connectivity index (χ0n) is 11.2. The molecule has 0 saturated carbocycles. The summed E-state index contributed by atoms with van der Waals surface area (Å²) < 4.78 is 0. The van der Waals surface area contributed by atoms with E-state index in [2.05, 4.69) is 15.3 Å². The number of aromatic nitrogens is 2. The average molecular weight is 256 g/mol. The second-order valence-corrected chi connectivity index (χ2v) is 4.50. The molecule has 2 aromatic rings. The van der Waals surface area contributed by atoms with Crippen LogP contribution in [0.3, 0.4) is 0 Å². The third-order valence-corrected chi connectivity index (χ3v) is 2.71. The molecule has 5 nitrogen and oxygen atoms in total. The molecule has 0 saturated heterocycles. The van der Waals surface area contributed by atoms with Crippen LogP contribution in [0.1, 0.15) is 27.3 Å². The molecule has 0 radical (unpaired) electrons. The minimum Gasteiger partial charge on any atom is -0.399 e. The fraction of sp³-hybridized carbons (Fsp3) is 0.214. The summed E-state index contributed by atoms with van der Waals surface area (Å²) in [6.45, 7) is 5.57. The number of hydrogen-bond acceptors (Lipinski definition) is 4. The quantitative estimate of drug-likeness (QED) is 0.807. The highest BCUT2D eigenvalue weighted by Gasteiger charge is 2.11. The fourth-order valence-electron chi connectivity index (χ4n) is 1.83. The standard InChI is InChI=1S/C14H16N4O/c1-8-4-5-11(15)7-12(8)13(19)18-14-16-9(2)6-10(3)17-14/h4-7H,15H2,1-3H3,(H,16,17,18,19). The molecule has 1 amide bonds. The lowest BCUT2D eigenvalue weighted by atomic mass is 10.1. The molecular formula is C14H16N4O. The second-order valence-electron chi connectivity index (χ2n) is 4.50.